The Labute approximate surface area is 510 Å². The number of hydrogen-bond donors (Lipinski definition) is 7. The molecule has 6 aliphatic rings. The number of unbranched alkanes of at least 4 members (excludes halogenated alkanes) is 5. The number of fused-ring (bicyclic) bond motifs is 3. The maximum absolute atomic E-state index is 16.4. The largest absolute Gasteiger partial charge is 0.493 e. The first kappa shape index (κ1) is 62.3. The lowest BCUT2D eigenvalue weighted by Gasteiger charge is -2.47. The van der Waals surface area contributed by atoms with Crippen molar-refractivity contribution in [3.05, 3.63) is 98.4 Å². The summed E-state index contributed by atoms with van der Waals surface area (Å²) in [4.78, 5) is 90.2. The number of anilines is 1. The molecular weight excluding hydrogens is 1150 g/mol. The number of hydrogen-bond acceptors (Lipinski definition) is 11. The Hall–Kier alpha value is -5.73. The lowest BCUT2D eigenvalue weighted by molar-refractivity contribution is -0.145. The van der Waals surface area contributed by atoms with Crippen molar-refractivity contribution >= 4 is 75.7 Å². The number of amides is 6. The number of rotatable bonds is 21. The third-order valence-electron chi connectivity index (χ3n) is 18.8. The Morgan fingerprint density at radius 1 is 0.894 bits per heavy atom. The van der Waals surface area contributed by atoms with Crippen molar-refractivity contribution < 1.29 is 47.4 Å². The molecule has 4 heterocycles. The number of likely N-dealkylation sites (tertiary alicyclic amines) is 1. The molecule has 21 heteroatoms. The van der Waals surface area contributed by atoms with Gasteiger partial charge >= 0.3 is 0 Å². The van der Waals surface area contributed by atoms with Crippen molar-refractivity contribution in [3.8, 4) is 16.2 Å². The van der Waals surface area contributed by atoms with Gasteiger partial charge in [0.05, 0.1) is 39.9 Å². The normalized spacial score (nSPS) is 25.0. The van der Waals surface area contributed by atoms with Crippen molar-refractivity contribution in [2.45, 2.75) is 203 Å². The molecule has 5 fully saturated rings. The van der Waals surface area contributed by atoms with Crippen LogP contribution in [0.1, 0.15) is 165 Å². The fourth-order valence-electron chi connectivity index (χ4n) is 14.1. The van der Waals surface area contributed by atoms with E-state index in [1.165, 1.54) is 22.3 Å². The first-order valence-electron chi connectivity index (χ1n) is 30.5. The zero-order valence-corrected chi connectivity index (χ0v) is 51.3. The van der Waals surface area contributed by atoms with Crippen LogP contribution in [0.15, 0.2) is 60.1 Å². The number of benzene rings is 3. The van der Waals surface area contributed by atoms with Gasteiger partial charge in [-0.3, -0.25) is 34.1 Å². The molecule has 2 saturated heterocycles. The third-order valence-corrected chi connectivity index (χ3v) is 20.3. The van der Waals surface area contributed by atoms with Crippen molar-refractivity contribution in [3.63, 3.8) is 0 Å². The van der Waals surface area contributed by atoms with Gasteiger partial charge in [0.1, 0.15) is 29.1 Å². The second-order valence-electron chi connectivity index (χ2n) is 25.6. The number of carbonyl (C=O) groups excluding carboxylic acids is 6. The van der Waals surface area contributed by atoms with Crippen molar-refractivity contribution in [2.24, 2.45) is 11.3 Å². The van der Waals surface area contributed by atoms with Crippen molar-refractivity contribution in [1.82, 2.24) is 36.5 Å². The fourth-order valence-corrected chi connectivity index (χ4v) is 15.2. The number of nitrogens with zero attached hydrogens (tertiary/aromatic N) is 2. The van der Waals surface area contributed by atoms with Crippen LogP contribution in [-0.2, 0) is 40.7 Å². The van der Waals surface area contributed by atoms with E-state index in [2.05, 4.69) is 36.9 Å². The number of thiazole rings is 1. The van der Waals surface area contributed by atoms with E-state index >= 15 is 4.39 Å². The van der Waals surface area contributed by atoms with Gasteiger partial charge in [-0.25, -0.2) is 13.8 Å². The highest BCUT2D eigenvalue weighted by Gasteiger charge is 2.72. The summed E-state index contributed by atoms with van der Waals surface area (Å²) < 4.78 is 37.5. The molecule has 3 saturated carbocycles. The van der Waals surface area contributed by atoms with Gasteiger partial charge < -0.3 is 41.3 Å². The van der Waals surface area contributed by atoms with Crippen LogP contribution in [0, 0.1) is 24.1 Å². The zero-order valence-electron chi connectivity index (χ0n) is 49.0. The minimum Gasteiger partial charge on any atom is -0.493 e. The molecule has 3 aliphatic carbocycles. The summed E-state index contributed by atoms with van der Waals surface area (Å²) in [5, 5.41) is 29.8. The number of aliphatic hydroxyl groups is 1. The highest BCUT2D eigenvalue weighted by atomic mass is 35.5. The molecular formula is C64H80Cl2F2N8O8S. The van der Waals surface area contributed by atoms with Crippen LogP contribution in [0.3, 0.4) is 0 Å². The fraction of sp³-hybridized carbons (Fsp3) is 0.578. The van der Waals surface area contributed by atoms with E-state index in [1.54, 1.807) is 50.5 Å². The Morgan fingerprint density at radius 3 is 2.33 bits per heavy atom. The van der Waals surface area contributed by atoms with E-state index in [0.717, 1.165) is 79.5 Å². The third kappa shape index (κ3) is 13.0. The minimum atomic E-state index is -1.98. The smallest absolute Gasteiger partial charge is 0.258 e. The summed E-state index contributed by atoms with van der Waals surface area (Å²) in [6.45, 7) is 8.24. The summed E-state index contributed by atoms with van der Waals surface area (Å²) in [5.41, 5.74) is 0.882. The van der Waals surface area contributed by atoms with Gasteiger partial charge in [0.2, 0.25) is 29.5 Å². The van der Waals surface area contributed by atoms with Gasteiger partial charge in [-0.2, -0.15) is 0 Å². The van der Waals surface area contributed by atoms with Crippen LogP contribution in [0.25, 0.3) is 10.4 Å². The monoisotopic (exact) mass is 1230 g/mol. The first-order chi connectivity index (χ1) is 40.6. The van der Waals surface area contributed by atoms with Crippen LogP contribution in [0.5, 0.6) is 5.75 Å². The van der Waals surface area contributed by atoms with Crippen molar-refractivity contribution in [1.29, 1.82) is 0 Å². The first-order valence-corrected chi connectivity index (χ1v) is 32.1. The molecule has 4 aromatic rings. The van der Waals surface area contributed by atoms with E-state index in [0.29, 0.717) is 73.7 Å². The van der Waals surface area contributed by atoms with Gasteiger partial charge in [0, 0.05) is 65.7 Å². The lowest BCUT2D eigenvalue weighted by Crippen LogP contribution is -2.60. The second-order valence-corrected chi connectivity index (χ2v) is 27.3. The van der Waals surface area contributed by atoms with Gasteiger partial charge in [-0.1, -0.05) is 119 Å². The average molecular weight is 1230 g/mol. The Kier molecular flexibility index (Phi) is 19.0. The molecule has 0 unspecified atom stereocenters. The van der Waals surface area contributed by atoms with Crippen LogP contribution < -0.4 is 36.6 Å². The molecule has 6 amide bonds. The number of β-amino-alcohol motifs (C(OH)–C–C–N with tert-alkyl or cyclic N) is 1. The summed E-state index contributed by atoms with van der Waals surface area (Å²) in [5.74, 6) is -3.56. The molecule has 1 aromatic heterocycles. The van der Waals surface area contributed by atoms with E-state index < -0.39 is 75.7 Å². The molecule has 0 bridgehead atoms. The molecule has 458 valence electrons. The average Bonchev–Trinajstić information content (AvgIpc) is 1.71. The van der Waals surface area contributed by atoms with E-state index in [9.17, 15) is 38.3 Å². The van der Waals surface area contributed by atoms with Crippen molar-refractivity contribution in [2.75, 3.05) is 25.0 Å². The summed E-state index contributed by atoms with van der Waals surface area (Å²) >= 11 is 14.4. The molecule has 7 N–H and O–H groups in total. The van der Waals surface area contributed by atoms with Gasteiger partial charge in [0.15, 0.2) is 5.67 Å². The molecule has 85 heavy (non-hydrogen) atoms. The topological polar surface area (TPSA) is 220 Å². The molecule has 6 atom stereocenters. The quantitative estimate of drug-likeness (QED) is 0.0392. The second kappa shape index (κ2) is 25.9. The van der Waals surface area contributed by atoms with E-state index in [4.69, 9.17) is 27.9 Å². The highest BCUT2D eigenvalue weighted by Crippen LogP contribution is 2.63. The molecule has 16 nitrogen and oxygen atoms in total. The Morgan fingerprint density at radius 2 is 1.62 bits per heavy atom. The van der Waals surface area contributed by atoms with E-state index in [1.807, 2.05) is 31.2 Å². The molecule has 3 aromatic carbocycles. The number of nitrogens with one attached hydrogen (secondary N) is 6. The molecule has 10 rings (SSSR count). The maximum Gasteiger partial charge on any atom is 0.258 e. The predicted octanol–water partition coefficient (Wildman–Crippen LogP) is 10.0. The Bertz CT molecular complexity index is 3160. The van der Waals surface area contributed by atoms with Crippen LogP contribution in [0.4, 0.5) is 14.5 Å². The van der Waals surface area contributed by atoms with Crippen LogP contribution in [0.2, 0.25) is 10.0 Å². The predicted molar refractivity (Wildman–Crippen MR) is 323 cm³/mol. The number of carbonyl (C=O) groups is 6. The number of aromatic nitrogens is 1. The molecule has 0 radical (unpaired) electrons. The van der Waals surface area contributed by atoms with E-state index in [-0.39, 0.29) is 72.6 Å². The number of alkyl halides is 1. The number of aryl methyl sites for hydroxylation is 1. The van der Waals surface area contributed by atoms with Gasteiger partial charge in [0.25, 0.3) is 5.91 Å². The summed E-state index contributed by atoms with van der Waals surface area (Å²) in [6.07, 6.45) is 11.1. The standard InChI is InChI=1S/C64H80Cl2F2N8O8S/c1-37-53(85-36-71-37)39-17-18-40(34-70-56(79)48-33-43(77)35-76(48)58(81)54(61(2,3)4)74-59(82)62(68)27-28-62)49(31-39)84-30-13-8-6-5-7-12-29-69-55(78)38-19-22-42(23-20-38)72-57(80)52-50(44-15-14-16-46(66)51(44)67)64(63(75-52)25-10-9-11-26-63)45-24-21-41(65)32-47(45)73-60(64)83/h14-18,21,24,31-32,36,38,42-43,48,50,52,54,75,77H,5-13,19-20,22-23,25-30,33-35H2,1-4H3,(H,69,78)(H,70,79)(H,72,80)(H,73,83)(H,74,82)/t38?,42?,43-,48+,50+,52-,54-,64-/m1/s1. The highest BCUT2D eigenvalue weighted by molar-refractivity contribution is 7.13. The maximum atomic E-state index is 16.4. The zero-order chi connectivity index (χ0) is 60.4. The number of ether oxygens (including phenoxy) is 1. The number of halogens is 4. The lowest BCUT2D eigenvalue weighted by atomic mass is 9.55. The van der Waals surface area contributed by atoms with Gasteiger partial charge in [-0.15, -0.1) is 11.3 Å². The molecule has 3 aliphatic heterocycles. The van der Waals surface area contributed by atoms with Crippen LogP contribution >= 0.6 is 34.5 Å². The Balaban J connectivity index is 0.668. The van der Waals surface area contributed by atoms with Crippen LogP contribution in [-0.4, -0.2) is 112 Å². The van der Waals surface area contributed by atoms with Gasteiger partial charge in [-0.05, 0) is 118 Å². The summed E-state index contributed by atoms with van der Waals surface area (Å²) in [6, 6.07) is 12.6. The SMILES string of the molecule is Cc1ncsc1-c1ccc(CNC(=O)[C@@H]2C[C@@H](O)CN2C(=O)[C@@H](NC(=O)C2(F)CC2)C(C)(C)C)c(OCCCCCCCCNC(=O)C2CCC(NC(=O)[C@@H]3NC4(CCCCC4)[C@@]4(C(=O)Nc5cc(Cl)ccc54)[C@H]3c3cccc(Cl)c3F)CC2)c1. The summed E-state index contributed by atoms with van der Waals surface area (Å²) in [7, 11) is 0. The number of aliphatic hydroxyl groups excluding tert-OH is 1. The molecule has 2 spiro atoms. The minimum absolute atomic E-state index is 0.0163.